The maximum atomic E-state index is 12.8. The Morgan fingerprint density at radius 1 is 0.833 bits per heavy atom. The van der Waals surface area contributed by atoms with Crippen molar-refractivity contribution in [3.05, 3.63) is 95.2 Å². The first kappa shape index (κ1) is 14.6. The molecule has 3 heteroatoms. The molecule has 0 aromatic heterocycles. The van der Waals surface area contributed by atoms with Crippen LogP contribution in [0.2, 0.25) is 0 Å². The molecule has 0 saturated heterocycles. The number of Topliss-reactive ketones (excluding diaryl/α,β-unsaturated/α-hetero) is 1. The Hall–Kier alpha value is -2.94. The molecular weight excluding hydrogens is 298 g/mol. The molecule has 0 atom stereocenters. The minimum absolute atomic E-state index is 0.275. The number of carbonyl (C=O) groups is 2. The topological polar surface area (TPSA) is 37.4 Å². The average molecular weight is 315 g/mol. The maximum absolute atomic E-state index is 12.8. The molecule has 1 aliphatic carbocycles. The lowest BCUT2D eigenvalue weighted by molar-refractivity contribution is -0.140. The lowest BCUT2D eigenvalue weighted by atomic mass is 9.96. The molecule has 1 heterocycles. The van der Waals surface area contributed by atoms with Crippen LogP contribution in [0.25, 0.3) is 0 Å². The van der Waals surface area contributed by atoms with E-state index in [9.17, 15) is 9.59 Å². The Labute approximate surface area is 140 Å². The summed E-state index contributed by atoms with van der Waals surface area (Å²) in [7, 11) is 0. The summed E-state index contributed by atoms with van der Waals surface area (Å²) in [5.74, 6) is -0.818. The molecule has 1 aliphatic heterocycles. The van der Waals surface area contributed by atoms with E-state index in [1.54, 1.807) is 11.0 Å². The van der Waals surface area contributed by atoms with E-state index >= 15 is 0 Å². The third-order valence-corrected chi connectivity index (χ3v) is 4.58. The van der Waals surface area contributed by atoms with Gasteiger partial charge in [0.25, 0.3) is 11.7 Å². The Morgan fingerprint density at radius 2 is 1.42 bits per heavy atom. The van der Waals surface area contributed by atoms with E-state index in [1.807, 2.05) is 66.7 Å². The fraction of sp³-hybridized carbons (Fsp3) is 0.143. The minimum Gasteiger partial charge on any atom is -0.297 e. The van der Waals surface area contributed by atoms with Crippen molar-refractivity contribution >= 4 is 11.7 Å². The summed E-state index contributed by atoms with van der Waals surface area (Å²) in [6, 6.07) is 19.5. The Morgan fingerprint density at radius 3 is 2.00 bits per heavy atom. The highest BCUT2D eigenvalue weighted by Gasteiger charge is 2.42. The van der Waals surface area contributed by atoms with Crippen molar-refractivity contribution in [2.24, 2.45) is 0 Å². The molecule has 118 valence electrons. The predicted octanol–water partition coefficient (Wildman–Crippen LogP) is 3.79. The van der Waals surface area contributed by atoms with Crippen molar-refractivity contribution in [1.29, 1.82) is 0 Å². The first-order chi connectivity index (χ1) is 11.8. The molecule has 2 aromatic rings. The number of ketones is 1. The van der Waals surface area contributed by atoms with Crippen LogP contribution in [0.4, 0.5) is 0 Å². The van der Waals surface area contributed by atoms with Crippen LogP contribution in [0.5, 0.6) is 0 Å². The summed E-state index contributed by atoms with van der Waals surface area (Å²) in [5, 5.41) is 0. The Bertz CT molecular complexity index is 810. The minimum atomic E-state index is -0.427. The number of rotatable bonds is 3. The standard InChI is InChI=1S/C21H17NO2/c23-20-17-13-7-8-14-18(17)22(21(20)24)19(15-9-3-1-4-10-15)16-11-5-2-6-12-16/h1-7,9-13,19H,8,14H2. The fourth-order valence-electron chi connectivity index (χ4n) is 3.49. The van der Waals surface area contributed by atoms with Crippen molar-refractivity contribution in [2.75, 3.05) is 0 Å². The summed E-state index contributed by atoms with van der Waals surface area (Å²) in [4.78, 5) is 26.9. The number of carbonyl (C=O) groups excluding carboxylic acids is 2. The van der Waals surface area contributed by atoms with Gasteiger partial charge in [0, 0.05) is 11.3 Å². The third-order valence-electron chi connectivity index (χ3n) is 4.58. The molecule has 4 rings (SSSR count). The summed E-state index contributed by atoms with van der Waals surface area (Å²) in [5.41, 5.74) is 3.43. The highest BCUT2D eigenvalue weighted by Crippen LogP contribution is 2.39. The number of amides is 1. The van der Waals surface area contributed by atoms with E-state index < -0.39 is 11.7 Å². The van der Waals surface area contributed by atoms with Gasteiger partial charge < -0.3 is 0 Å². The second kappa shape index (κ2) is 5.93. The van der Waals surface area contributed by atoms with E-state index in [2.05, 4.69) is 0 Å². The van der Waals surface area contributed by atoms with Crippen LogP contribution >= 0.6 is 0 Å². The third kappa shape index (κ3) is 2.29. The number of allylic oxidation sites excluding steroid dienone is 3. The second-order valence-electron chi connectivity index (χ2n) is 6.03. The molecule has 0 fully saturated rings. The lowest BCUT2D eigenvalue weighted by Crippen LogP contribution is -2.33. The number of hydrogen-bond acceptors (Lipinski definition) is 2. The molecule has 0 spiro atoms. The van der Waals surface area contributed by atoms with Gasteiger partial charge in [-0.25, -0.2) is 0 Å². The quantitative estimate of drug-likeness (QED) is 0.808. The van der Waals surface area contributed by atoms with Gasteiger partial charge in [-0.05, 0) is 24.0 Å². The van der Waals surface area contributed by atoms with Gasteiger partial charge in [-0.2, -0.15) is 0 Å². The van der Waals surface area contributed by atoms with Crippen molar-refractivity contribution < 1.29 is 9.59 Å². The van der Waals surface area contributed by atoms with Crippen LogP contribution in [0.3, 0.4) is 0 Å². The van der Waals surface area contributed by atoms with Gasteiger partial charge in [0.1, 0.15) is 0 Å². The molecule has 1 amide bonds. The highest BCUT2D eigenvalue weighted by molar-refractivity contribution is 6.46. The number of hydrogen-bond donors (Lipinski definition) is 0. The zero-order chi connectivity index (χ0) is 16.5. The van der Waals surface area contributed by atoms with Crippen LogP contribution in [0.1, 0.15) is 30.0 Å². The van der Waals surface area contributed by atoms with Crippen LogP contribution < -0.4 is 0 Å². The molecule has 0 unspecified atom stereocenters. The highest BCUT2D eigenvalue weighted by atomic mass is 16.2. The van der Waals surface area contributed by atoms with E-state index in [0.717, 1.165) is 29.7 Å². The van der Waals surface area contributed by atoms with Gasteiger partial charge in [0.05, 0.1) is 6.04 Å². The van der Waals surface area contributed by atoms with Crippen molar-refractivity contribution in [3.8, 4) is 0 Å². The van der Waals surface area contributed by atoms with E-state index in [1.165, 1.54) is 0 Å². The lowest BCUT2D eigenvalue weighted by Gasteiger charge is -2.31. The molecule has 0 bridgehead atoms. The average Bonchev–Trinajstić information content (AvgIpc) is 2.90. The smallest absolute Gasteiger partial charge is 0.297 e. The zero-order valence-corrected chi connectivity index (χ0v) is 13.2. The molecule has 0 radical (unpaired) electrons. The van der Waals surface area contributed by atoms with Crippen LogP contribution in [0, 0.1) is 0 Å². The normalized spacial score (nSPS) is 17.0. The summed E-state index contributed by atoms with van der Waals surface area (Å²) < 4.78 is 0. The molecule has 2 aliphatic rings. The Kier molecular flexibility index (Phi) is 3.62. The van der Waals surface area contributed by atoms with Crippen LogP contribution in [0.15, 0.2) is 84.1 Å². The molecular formula is C21H17NO2. The first-order valence-corrected chi connectivity index (χ1v) is 8.15. The summed E-state index contributed by atoms with van der Waals surface area (Å²) in [6.07, 6.45) is 5.34. The zero-order valence-electron chi connectivity index (χ0n) is 13.2. The van der Waals surface area contributed by atoms with Crippen molar-refractivity contribution in [1.82, 2.24) is 4.90 Å². The van der Waals surface area contributed by atoms with Crippen molar-refractivity contribution in [2.45, 2.75) is 18.9 Å². The van der Waals surface area contributed by atoms with Crippen LogP contribution in [-0.4, -0.2) is 16.6 Å². The van der Waals surface area contributed by atoms with E-state index in [4.69, 9.17) is 0 Å². The van der Waals surface area contributed by atoms with Gasteiger partial charge >= 0.3 is 0 Å². The van der Waals surface area contributed by atoms with Gasteiger partial charge in [-0.1, -0.05) is 72.8 Å². The molecule has 3 nitrogen and oxygen atoms in total. The molecule has 0 N–H and O–H groups in total. The van der Waals surface area contributed by atoms with Gasteiger partial charge in [0.15, 0.2) is 0 Å². The van der Waals surface area contributed by atoms with E-state index in [-0.39, 0.29) is 6.04 Å². The second-order valence-corrected chi connectivity index (χ2v) is 6.03. The fourth-order valence-corrected chi connectivity index (χ4v) is 3.49. The molecule has 24 heavy (non-hydrogen) atoms. The summed E-state index contributed by atoms with van der Waals surface area (Å²) in [6.45, 7) is 0. The van der Waals surface area contributed by atoms with Crippen LogP contribution in [-0.2, 0) is 9.59 Å². The number of benzene rings is 2. The van der Waals surface area contributed by atoms with Gasteiger partial charge in [-0.3, -0.25) is 14.5 Å². The largest absolute Gasteiger partial charge is 0.300 e. The number of nitrogens with zero attached hydrogens (tertiary/aromatic N) is 1. The monoisotopic (exact) mass is 315 g/mol. The molecule has 2 aromatic carbocycles. The van der Waals surface area contributed by atoms with E-state index in [0.29, 0.717) is 5.57 Å². The first-order valence-electron chi connectivity index (χ1n) is 8.15. The summed E-state index contributed by atoms with van der Waals surface area (Å²) >= 11 is 0. The van der Waals surface area contributed by atoms with Gasteiger partial charge in [0.2, 0.25) is 0 Å². The predicted molar refractivity (Wildman–Crippen MR) is 92.0 cm³/mol. The van der Waals surface area contributed by atoms with Gasteiger partial charge in [-0.15, -0.1) is 0 Å². The Balaban J connectivity index is 1.88. The SMILES string of the molecule is O=C1C(=O)N(C(c2ccccc2)c2ccccc2)C2=C1C=CCC2. The molecule has 0 saturated carbocycles. The van der Waals surface area contributed by atoms with Crippen molar-refractivity contribution in [3.63, 3.8) is 0 Å². The maximum Gasteiger partial charge on any atom is 0.300 e.